The van der Waals surface area contributed by atoms with Crippen molar-refractivity contribution in [2.75, 3.05) is 0 Å². The number of para-hydroxylation sites is 4. The molecule has 2 aromatic carbocycles. The monoisotopic (exact) mass is 338 g/mol. The van der Waals surface area contributed by atoms with Crippen molar-refractivity contribution in [1.29, 1.82) is 0 Å². The van der Waals surface area contributed by atoms with Crippen LogP contribution in [0, 0.1) is 20.2 Å². The molecule has 0 fully saturated rings. The SMILES string of the molecule is O=[N+]([O-])c1ccccc1[O-].O=[N+]([O-])c1ccccc1[O-].[K+].[Na+]. The van der Waals surface area contributed by atoms with Gasteiger partial charge in [0.1, 0.15) is 0 Å². The normalized spacial score (nSPS) is 8.36. The van der Waals surface area contributed by atoms with Crippen molar-refractivity contribution >= 4 is 11.4 Å². The van der Waals surface area contributed by atoms with E-state index in [1.54, 1.807) is 0 Å². The maximum atomic E-state index is 10.6. The number of hydrogen-bond donors (Lipinski definition) is 0. The van der Waals surface area contributed by atoms with E-state index in [-0.39, 0.29) is 92.3 Å². The van der Waals surface area contributed by atoms with E-state index >= 15 is 0 Å². The molecule has 22 heavy (non-hydrogen) atoms. The number of nitro groups is 2. The summed E-state index contributed by atoms with van der Waals surface area (Å²) in [5.74, 6) is -1.10. The summed E-state index contributed by atoms with van der Waals surface area (Å²) < 4.78 is 0. The Kier molecular flexibility index (Phi) is 12.9. The van der Waals surface area contributed by atoms with E-state index < -0.39 is 21.3 Å². The van der Waals surface area contributed by atoms with Gasteiger partial charge in [-0.3, -0.25) is 20.2 Å². The largest absolute Gasteiger partial charge is 1.00 e. The molecule has 0 radical (unpaired) electrons. The molecular formula is C12H8KN2NaO6. The zero-order valence-corrected chi connectivity index (χ0v) is 17.1. The molecule has 0 aliphatic heterocycles. The van der Waals surface area contributed by atoms with Crippen molar-refractivity contribution < 1.29 is 101 Å². The number of hydrogen-bond acceptors (Lipinski definition) is 6. The van der Waals surface area contributed by atoms with Gasteiger partial charge in [-0.25, -0.2) is 0 Å². The van der Waals surface area contributed by atoms with Gasteiger partial charge in [0.05, 0.1) is 9.85 Å². The van der Waals surface area contributed by atoms with Crippen molar-refractivity contribution in [3.05, 3.63) is 68.8 Å². The smallest absolute Gasteiger partial charge is 0.868 e. The second kappa shape index (κ2) is 12.0. The molecule has 0 unspecified atom stereocenters. The number of rotatable bonds is 2. The number of benzene rings is 2. The Balaban J connectivity index is 0. The topological polar surface area (TPSA) is 132 Å². The predicted molar refractivity (Wildman–Crippen MR) is 65.1 cm³/mol. The molecule has 0 saturated heterocycles. The van der Waals surface area contributed by atoms with E-state index in [0.717, 1.165) is 12.1 Å². The zero-order chi connectivity index (χ0) is 15.1. The molecular weight excluding hydrogens is 330 g/mol. The first-order chi connectivity index (χ1) is 9.43. The molecule has 0 atom stereocenters. The van der Waals surface area contributed by atoms with Gasteiger partial charge in [0.2, 0.25) is 0 Å². The number of nitro benzene ring substituents is 2. The fourth-order valence-corrected chi connectivity index (χ4v) is 1.22. The molecule has 8 nitrogen and oxygen atoms in total. The molecule has 0 spiro atoms. The zero-order valence-electron chi connectivity index (χ0n) is 12.0. The molecule has 0 heterocycles. The Labute approximate surface area is 190 Å². The van der Waals surface area contributed by atoms with Gasteiger partial charge in [0.25, 0.3) is 11.4 Å². The Morgan fingerprint density at radius 3 is 1.14 bits per heavy atom. The van der Waals surface area contributed by atoms with E-state index in [2.05, 4.69) is 0 Å². The minimum atomic E-state index is -0.692. The summed E-state index contributed by atoms with van der Waals surface area (Å²) >= 11 is 0. The molecule has 0 aliphatic carbocycles. The van der Waals surface area contributed by atoms with Crippen LogP contribution in [0.4, 0.5) is 11.4 Å². The fourth-order valence-electron chi connectivity index (χ4n) is 1.22. The molecule has 0 amide bonds. The molecule has 10 heteroatoms. The van der Waals surface area contributed by atoms with E-state index in [0.29, 0.717) is 0 Å². The van der Waals surface area contributed by atoms with Crippen LogP contribution in [0.15, 0.2) is 48.5 Å². The van der Waals surface area contributed by atoms with Crippen molar-refractivity contribution in [1.82, 2.24) is 0 Å². The van der Waals surface area contributed by atoms with Crippen molar-refractivity contribution in [3.63, 3.8) is 0 Å². The van der Waals surface area contributed by atoms with Crippen molar-refractivity contribution in [3.8, 4) is 11.5 Å². The van der Waals surface area contributed by atoms with Gasteiger partial charge < -0.3 is 10.2 Å². The van der Waals surface area contributed by atoms with Crippen LogP contribution in [-0.2, 0) is 0 Å². The molecule has 0 aromatic heterocycles. The Morgan fingerprint density at radius 1 is 0.682 bits per heavy atom. The first-order valence-corrected chi connectivity index (χ1v) is 5.24. The van der Waals surface area contributed by atoms with Crippen LogP contribution < -0.4 is 91.2 Å². The van der Waals surface area contributed by atoms with Gasteiger partial charge in [0.15, 0.2) is 0 Å². The quantitative estimate of drug-likeness (QED) is 0.307. The average molecular weight is 338 g/mol. The van der Waals surface area contributed by atoms with Crippen LogP contribution in [0.5, 0.6) is 11.5 Å². The van der Waals surface area contributed by atoms with Gasteiger partial charge in [-0.1, -0.05) is 36.4 Å². The van der Waals surface area contributed by atoms with E-state index in [9.17, 15) is 30.4 Å². The Morgan fingerprint density at radius 2 is 0.955 bits per heavy atom. The third kappa shape index (κ3) is 7.65. The van der Waals surface area contributed by atoms with Crippen LogP contribution in [0.3, 0.4) is 0 Å². The summed E-state index contributed by atoms with van der Waals surface area (Å²) in [7, 11) is 0. The Bertz CT molecular complexity index is 585. The molecule has 0 saturated carbocycles. The van der Waals surface area contributed by atoms with Crippen LogP contribution in [0.2, 0.25) is 0 Å². The summed E-state index contributed by atoms with van der Waals surface area (Å²) in [6.07, 6.45) is 0. The van der Waals surface area contributed by atoms with Crippen LogP contribution in [0.25, 0.3) is 0 Å². The van der Waals surface area contributed by atoms with Gasteiger partial charge in [-0.15, -0.1) is 0 Å². The molecule has 2 aromatic rings. The van der Waals surface area contributed by atoms with Gasteiger partial charge in [0, 0.05) is 12.1 Å². The van der Waals surface area contributed by atoms with E-state index in [4.69, 9.17) is 0 Å². The van der Waals surface area contributed by atoms with Gasteiger partial charge in [-0.05, 0) is 11.5 Å². The second-order valence-electron chi connectivity index (χ2n) is 3.45. The first-order valence-electron chi connectivity index (χ1n) is 5.24. The van der Waals surface area contributed by atoms with Crippen LogP contribution in [0.1, 0.15) is 0 Å². The molecule has 2 rings (SSSR count). The standard InChI is InChI=1S/2C6H5NO3.K.Na/c2*8-6-4-2-1-3-5(6)7(9)10;;/h2*1-4,8H;;/q;;2*+1/p-2. The minimum Gasteiger partial charge on any atom is -0.868 e. The summed E-state index contributed by atoms with van der Waals surface area (Å²) in [4.78, 5) is 18.7. The average Bonchev–Trinajstić information content (AvgIpc) is 2.40. The molecule has 0 bridgehead atoms. The van der Waals surface area contributed by atoms with Crippen LogP contribution in [-0.4, -0.2) is 9.85 Å². The van der Waals surface area contributed by atoms with E-state index in [1.165, 1.54) is 36.4 Å². The number of nitrogens with zero attached hydrogens (tertiary/aromatic N) is 2. The molecule has 0 aliphatic rings. The summed E-state index contributed by atoms with van der Waals surface area (Å²) in [6.45, 7) is 0. The third-order valence-corrected chi connectivity index (χ3v) is 2.12. The molecule has 0 N–H and O–H groups in total. The Hall–Kier alpha value is -0.524. The fraction of sp³-hybridized carbons (Fsp3) is 0. The summed E-state index contributed by atoms with van der Waals surface area (Å²) in [6, 6.07) is 10.5. The van der Waals surface area contributed by atoms with Crippen LogP contribution >= 0.6 is 0 Å². The van der Waals surface area contributed by atoms with Crippen molar-refractivity contribution in [2.45, 2.75) is 0 Å². The predicted octanol–water partition coefficient (Wildman–Crippen LogP) is -4.66. The van der Waals surface area contributed by atoms with Gasteiger partial charge >= 0.3 is 80.9 Å². The van der Waals surface area contributed by atoms with Crippen molar-refractivity contribution in [2.24, 2.45) is 0 Å². The summed E-state index contributed by atoms with van der Waals surface area (Å²) in [5.41, 5.74) is -0.745. The maximum Gasteiger partial charge on any atom is 1.00 e. The first kappa shape index (κ1) is 23.7. The minimum absolute atomic E-state index is 0. The molecule has 104 valence electrons. The van der Waals surface area contributed by atoms with Gasteiger partial charge in [-0.2, -0.15) is 0 Å². The second-order valence-corrected chi connectivity index (χ2v) is 3.45. The van der Waals surface area contributed by atoms with E-state index in [1.807, 2.05) is 0 Å². The summed E-state index contributed by atoms with van der Waals surface area (Å²) in [5, 5.41) is 41.3. The third-order valence-electron chi connectivity index (χ3n) is 2.12. The maximum absolute atomic E-state index is 10.6.